The summed E-state index contributed by atoms with van der Waals surface area (Å²) in [4.78, 5) is 1.88. The first kappa shape index (κ1) is 13.6. The van der Waals surface area contributed by atoms with Gasteiger partial charge in [0.05, 0.1) is 0 Å². The fourth-order valence-electron chi connectivity index (χ4n) is 1.21. The van der Waals surface area contributed by atoms with Crippen molar-refractivity contribution in [3.05, 3.63) is 24.3 Å². The van der Waals surface area contributed by atoms with E-state index < -0.39 is 18.8 Å². The largest absolute Gasteiger partial charge is 0.416 e. The first-order valence-electron chi connectivity index (χ1n) is 5.07. The summed E-state index contributed by atoms with van der Waals surface area (Å²) in [6, 6.07) is 6.89. The summed E-state index contributed by atoms with van der Waals surface area (Å²) in [6.45, 7) is -0.551. The third kappa shape index (κ3) is 4.14. The van der Waals surface area contributed by atoms with Crippen molar-refractivity contribution >= 4 is 11.4 Å². The number of anilines is 2. The van der Waals surface area contributed by atoms with Crippen LogP contribution in [-0.2, 0) is 0 Å². The molecule has 6 heteroatoms. The Balaban J connectivity index is 2.53. The van der Waals surface area contributed by atoms with Crippen LogP contribution in [0.25, 0.3) is 0 Å². The van der Waals surface area contributed by atoms with E-state index in [1.165, 1.54) is 0 Å². The highest BCUT2D eigenvalue weighted by Crippen LogP contribution is 2.21. The third-order valence-corrected chi connectivity index (χ3v) is 2.26. The summed E-state index contributed by atoms with van der Waals surface area (Å²) in [5.74, 6) is 0. The van der Waals surface area contributed by atoms with Crippen LogP contribution in [0, 0.1) is 0 Å². The summed E-state index contributed by atoms with van der Waals surface area (Å²) in [7, 11) is 3.74. The zero-order chi connectivity index (χ0) is 13.1. The first-order valence-corrected chi connectivity index (χ1v) is 5.07. The summed E-state index contributed by atoms with van der Waals surface area (Å²) in [5, 5.41) is 11.3. The van der Waals surface area contributed by atoms with E-state index >= 15 is 0 Å². The number of nitrogens with zero attached hydrogens (tertiary/aromatic N) is 1. The van der Waals surface area contributed by atoms with Crippen LogP contribution in [0.3, 0.4) is 0 Å². The average Bonchev–Trinajstić information content (AvgIpc) is 2.25. The number of nitrogens with one attached hydrogen (secondary N) is 1. The molecule has 1 aromatic carbocycles. The summed E-state index contributed by atoms with van der Waals surface area (Å²) in [6.07, 6.45) is -6.94. The Kier molecular flexibility index (Phi) is 4.22. The molecule has 0 saturated carbocycles. The molecule has 0 radical (unpaired) electrons. The average molecular weight is 248 g/mol. The number of halogens is 3. The molecule has 1 unspecified atom stereocenters. The molecule has 1 aromatic rings. The molecule has 0 spiro atoms. The van der Waals surface area contributed by atoms with E-state index in [9.17, 15) is 13.2 Å². The van der Waals surface area contributed by atoms with Crippen LogP contribution in [-0.4, -0.2) is 38.0 Å². The van der Waals surface area contributed by atoms with Crippen LogP contribution in [0.5, 0.6) is 0 Å². The van der Waals surface area contributed by atoms with Gasteiger partial charge < -0.3 is 15.3 Å². The van der Waals surface area contributed by atoms with Crippen molar-refractivity contribution in [2.75, 3.05) is 30.9 Å². The molecule has 0 bridgehead atoms. The molecular formula is C11H15F3N2O. The van der Waals surface area contributed by atoms with Gasteiger partial charge in [0.15, 0.2) is 6.10 Å². The number of aliphatic hydroxyl groups is 1. The number of alkyl halides is 3. The summed E-state index contributed by atoms with van der Waals surface area (Å²) in [5.41, 5.74) is 1.49. The predicted molar refractivity (Wildman–Crippen MR) is 61.3 cm³/mol. The number of hydrogen-bond acceptors (Lipinski definition) is 3. The van der Waals surface area contributed by atoms with E-state index in [1.54, 1.807) is 24.3 Å². The highest BCUT2D eigenvalue weighted by atomic mass is 19.4. The van der Waals surface area contributed by atoms with Crippen molar-refractivity contribution in [3.63, 3.8) is 0 Å². The monoisotopic (exact) mass is 248 g/mol. The Bertz CT molecular complexity index is 349. The Morgan fingerprint density at radius 3 is 2.18 bits per heavy atom. The first-order chi connectivity index (χ1) is 7.80. The van der Waals surface area contributed by atoms with Gasteiger partial charge in [-0.3, -0.25) is 0 Å². The van der Waals surface area contributed by atoms with E-state index in [0.717, 1.165) is 5.69 Å². The van der Waals surface area contributed by atoms with Crippen LogP contribution in [0.15, 0.2) is 24.3 Å². The summed E-state index contributed by atoms with van der Waals surface area (Å²) < 4.78 is 36.1. The highest BCUT2D eigenvalue weighted by Gasteiger charge is 2.37. The number of benzene rings is 1. The molecule has 0 fully saturated rings. The minimum absolute atomic E-state index is 0.541. The van der Waals surface area contributed by atoms with Gasteiger partial charge in [-0.25, -0.2) is 0 Å². The lowest BCUT2D eigenvalue weighted by atomic mass is 10.2. The Labute approximate surface area is 97.9 Å². The quantitative estimate of drug-likeness (QED) is 0.856. The topological polar surface area (TPSA) is 35.5 Å². The summed E-state index contributed by atoms with van der Waals surface area (Å²) >= 11 is 0. The van der Waals surface area contributed by atoms with Gasteiger partial charge in [0.2, 0.25) is 0 Å². The minimum Gasteiger partial charge on any atom is -0.382 e. The van der Waals surface area contributed by atoms with Crippen LogP contribution in [0.4, 0.5) is 24.5 Å². The van der Waals surface area contributed by atoms with Crippen molar-refractivity contribution in [2.24, 2.45) is 0 Å². The fourth-order valence-corrected chi connectivity index (χ4v) is 1.21. The third-order valence-electron chi connectivity index (χ3n) is 2.26. The molecule has 96 valence electrons. The zero-order valence-corrected chi connectivity index (χ0v) is 9.62. The van der Waals surface area contributed by atoms with Gasteiger partial charge in [-0.05, 0) is 24.3 Å². The lowest BCUT2D eigenvalue weighted by molar-refractivity contribution is -0.198. The SMILES string of the molecule is CN(C)c1ccc(NCC(O)C(F)(F)F)cc1. The van der Waals surface area contributed by atoms with Crippen molar-refractivity contribution in [2.45, 2.75) is 12.3 Å². The molecule has 1 atom stereocenters. The van der Waals surface area contributed by atoms with Crippen molar-refractivity contribution in [1.29, 1.82) is 0 Å². The molecule has 0 aromatic heterocycles. The van der Waals surface area contributed by atoms with Gasteiger partial charge in [0, 0.05) is 32.0 Å². The fraction of sp³-hybridized carbons (Fsp3) is 0.455. The predicted octanol–water partition coefficient (Wildman–Crippen LogP) is 2.09. The Morgan fingerprint density at radius 1 is 1.24 bits per heavy atom. The molecule has 3 nitrogen and oxygen atoms in total. The Morgan fingerprint density at radius 2 is 1.76 bits per heavy atom. The molecule has 17 heavy (non-hydrogen) atoms. The van der Waals surface area contributed by atoms with Gasteiger partial charge >= 0.3 is 6.18 Å². The molecule has 0 aliphatic heterocycles. The van der Waals surface area contributed by atoms with E-state index in [1.807, 2.05) is 19.0 Å². The van der Waals surface area contributed by atoms with Crippen LogP contribution in [0.2, 0.25) is 0 Å². The van der Waals surface area contributed by atoms with Crippen LogP contribution >= 0.6 is 0 Å². The molecule has 2 N–H and O–H groups in total. The second-order valence-corrected chi connectivity index (χ2v) is 3.88. The van der Waals surface area contributed by atoms with E-state index in [2.05, 4.69) is 5.32 Å². The molecule has 0 heterocycles. The maximum Gasteiger partial charge on any atom is 0.416 e. The molecule has 1 rings (SSSR count). The molecule has 0 aliphatic rings. The molecule has 0 aliphatic carbocycles. The second-order valence-electron chi connectivity index (χ2n) is 3.88. The molecule has 0 saturated heterocycles. The van der Waals surface area contributed by atoms with E-state index in [4.69, 9.17) is 5.11 Å². The van der Waals surface area contributed by atoms with Gasteiger partial charge in [0.1, 0.15) is 0 Å². The van der Waals surface area contributed by atoms with Crippen LogP contribution in [0.1, 0.15) is 0 Å². The minimum atomic E-state index is -4.59. The molecule has 0 amide bonds. The standard InChI is InChI=1S/C11H15F3N2O/c1-16(2)9-5-3-8(4-6-9)15-7-10(17)11(12,13)14/h3-6,10,15,17H,7H2,1-2H3. The normalized spacial score (nSPS) is 13.3. The smallest absolute Gasteiger partial charge is 0.382 e. The number of hydrogen-bond donors (Lipinski definition) is 2. The zero-order valence-electron chi connectivity index (χ0n) is 9.62. The molecular weight excluding hydrogens is 233 g/mol. The van der Waals surface area contributed by atoms with E-state index in [0.29, 0.717) is 5.69 Å². The van der Waals surface area contributed by atoms with Crippen molar-refractivity contribution in [1.82, 2.24) is 0 Å². The van der Waals surface area contributed by atoms with Crippen LogP contribution < -0.4 is 10.2 Å². The lowest BCUT2D eigenvalue weighted by Crippen LogP contribution is -2.34. The maximum atomic E-state index is 12.0. The Hall–Kier alpha value is -1.43. The van der Waals surface area contributed by atoms with Crippen molar-refractivity contribution in [3.8, 4) is 0 Å². The van der Waals surface area contributed by atoms with E-state index in [-0.39, 0.29) is 0 Å². The van der Waals surface area contributed by atoms with Gasteiger partial charge in [-0.2, -0.15) is 13.2 Å². The number of aliphatic hydroxyl groups excluding tert-OH is 1. The van der Waals surface area contributed by atoms with Gasteiger partial charge in [-0.1, -0.05) is 0 Å². The maximum absolute atomic E-state index is 12.0. The van der Waals surface area contributed by atoms with Gasteiger partial charge in [-0.15, -0.1) is 0 Å². The number of rotatable bonds is 4. The second kappa shape index (κ2) is 5.27. The van der Waals surface area contributed by atoms with Crippen molar-refractivity contribution < 1.29 is 18.3 Å². The highest BCUT2D eigenvalue weighted by molar-refractivity contribution is 5.54. The van der Waals surface area contributed by atoms with Gasteiger partial charge in [0.25, 0.3) is 0 Å². The lowest BCUT2D eigenvalue weighted by Gasteiger charge is -2.17.